The minimum atomic E-state index is -0.316. The molecule has 1 saturated heterocycles. The standard InChI is InChI=1S/C27H29N7O2/c1-18-6-5-7-19(2)24(18)31-12-14-32(15-13-31)26-25(34(35)36)27(29-17-28-26)33-11-10-21-20-8-3-4-9-22(20)30-23(21)16-33/h3-9,17,30H,10-16H2,1-2H3. The van der Waals surface area contributed by atoms with Crippen LogP contribution in [0.4, 0.5) is 23.0 Å². The van der Waals surface area contributed by atoms with Crippen molar-refractivity contribution in [3.05, 3.63) is 81.3 Å². The van der Waals surface area contributed by atoms with E-state index in [1.165, 1.54) is 34.1 Å². The number of aromatic amines is 1. The van der Waals surface area contributed by atoms with Gasteiger partial charge in [0.25, 0.3) is 0 Å². The van der Waals surface area contributed by atoms with Crippen molar-refractivity contribution in [1.29, 1.82) is 0 Å². The Morgan fingerprint density at radius 3 is 2.25 bits per heavy atom. The summed E-state index contributed by atoms with van der Waals surface area (Å²) in [5, 5.41) is 13.6. The molecule has 9 heteroatoms. The highest BCUT2D eigenvalue weighted by atomic mass is 16.6. The van der Waals surface area contributed by atoms with Gasteiger partial charge in [0.15, 0.2) is 0 Å². The number of nitro groups is 1. The molecule has 2 aliphatic heterocycles. The van der Waals surface area contributed by atoms with Crippen LogP contribution < -0.4 is 14.7 Å². The van der Waals surface area contributed by atoms with Crippen molar-refractivity contribution in [1.82, 2.24) is 15.0 Å². The lowest BCUT2D eigenvalue weighted by Gasteiger charge is -2.38. The molecule has 0 saturated carbocycles. The van der Waals surface area contributed by atoms with Crippen molar-refractivity contribution in [2.75, 3.05) is 47.4 Å². The molecule has 0 spiro atoms. The number of para-hydroxylation sites is 2. The number of hydrogen-bond donors (Lipinski definition) is 1. The smallest absolute Gasteiger partial charge is 0.353 e. The number of aryl methyl sites for hydroxylation is 2. The molecule has 1 fully saturated rings. The van der Waals surface area contributed by atoms with Gasteiger partial charge in [0.05, 0.1) is 11.5 Å². The molecule has 0 bridgehead atoms. The largest absolute Gasteiger partial charge is 0.368 e. The second kappa shape index (κ2) is 8.82. The molecule has 0 amide bonds. The predicted molar refractivity (Wildman–Crippen MR) is 142 cm³/mol. The molecule has 2 aliphatic rings. The van der Waals surface area contributed by atoms with Crippen molar-refractivity contribution in [2.45, 2.75) is 26.8 Å². The zero-order valence-corrected chi connectivity index (χ0v) is 20.6. The molecule has 184 valence electrons. The van der Waals surface area contributed by atoms with E-state index in [0.717, 1.165) is 30.7 Å². The molecule has 0 unspecified atom stereocenters. The monoisotopic (exact) mass is 483 g/mol. The first-order chi connectivity index (χ1) is 17.5. The van der Waals surface area contributed by atoms with E-state index in [9.17, 15) is 10.1 Å². The minimum Gasteiger partial charge on any atom is -0.368 e. The molecule has 0 aliphatic carbocycles. The minimum absolute atomic E-state index is 0.00224. The van der Waals surface area contributed by atoms with Crippen LogP contribution in [0.1, 0.15) is 22.4 Å². The van der Waals surface area contributed by atoms with Gasteiger partial charge in [-0.2, -0.15) is 0 Å². The van der Waals surface area contributed by atoms with Gasteiger partial charge in [0.2, 0.25) is 11.6 Å². The molecule has 6 rings (SSSR count). The van der Waals surface area contributed by atoms with Crippen LogP contribution in [-0.2, 0) is 13.0 Å². The zero-order valence-electron chi connectivity index (χ0n) is 20.6. The van der Waals surface area contributed by atoms with E-state index in [4.69, 9.17) is 0 Å². The summed E-state index contributed by atoms with van der Waals surface area (Å²) in [5.74, 6) is 0.806. The number of aromatic nitrogens is 3. The van der Waals surface area contributed by atoms with Crippen LogP contribution in [0.25, 0.3) is 10.9 Å². The Hall–Kier alpha value is -4.14. The topological polar surface area (TPSA) is 94.4 Å². The molecule has 36 heavy (non-hydrogen) atoms. The van der Waals surface area contributed by atoms with Gasteiger partial charge in [-0.15, -0.1) is 0 Å². The van der Waals surface area contributed by atoms with Crippen molar-refractivity contribution in [2.24, 2.45) is 0 Å². The third kappa shape index (κ3) is 3.71. The van der Waals surface area contributed by atoms with Gasteiger partial charge >= 0.3 is 5.69 Å². The van der Waals surface area contributed by atoms with Crippen molar-refractivity contribution < 1.29 is 4.92 Å². The zero-order chi connectivity index (χ0) is 24.8. The number of piperazine rings is 1. The van der Waals surface area contributed by atoms with E-state index in [2.05, 4.69) is 64.0 Å². The van der Waals surface area contributed by atoms with Crippen LogP contribution in [-0.4, -0.2) is 52.6 Å². The molecule has 1 N–H and O–H groups in total. The van der Waals surface area contributed by atoms with Crippen LogP contribution in [0.15, 0.2) is 48.8 Å². The van der Waals surface area contributed by atoms with Gasteiger partial charge in [0.1, 0.15) is 6.33 Å². The second-order valence-corrected chi connectivity index (χ2v) is 9.64. The lowest BCUT2D eigenvalue weighted by molar-refractivity contribution is -0.383. The summed E-state index contributed by atoms with van der Waals surface area (Å²) >= 11 is 0. The van der Waals surface area contributed by atoms with Gasteiger partial charge < -0.3 is 19.7 Å². The molecule has 4 aromatic rings. The second-order valence-electron chi connectivity index (χ2n) is 9.64. The third-order valence-corrected chi connectivity index (χ3v) is 7.48. The van der Waals surface area contributed by atoms with E-state index in [1.807, 2.05) is 21.9 Å². The summed E-state index contributed by atoms with van der Waals surface area (Å²) in [6.45, 7) is 8.39. The Morgan fingerprint density at radius 1 is 0.861 bits per heavy atom. The Bertz CT molecular complexity index is 1440. The quantitative estimate of drug-likeness (QED) is 0.340. The third-order valence-electron chi connectivity index (χ3n) is 7.48. The molecule has 2 aromatic carbocycles. The number of anilines is 3. The van der Waals surface area contributed by atoms with Gasteiger partial charge in [-0.05, 0) is 43.0 Å². The van der Waals surface area contributed by atoms with Gasteiger partial charge in [0, 0.05) is 55.0 Å². The number of H-pyrrole nitrogens is 1. The first-order valence-corrected chi connectivity index (χ1v) is 12.4. The SMILES string of the molecule is Cc1cccc(C)c1N1CCN(c2ncnc(N3CCc4c([nH]c5ccccc45)C3)c2[N+](=O)[O-])CC1. The summed E-state index contributed by atoms with van der Waals surface area (Å²) < 4.78 is 0. The Kier molecular flexibility index (Phi) is 5.47. The number of rotatable bonds is 4. The first kappa shape index (κ1) is 22.3. The van der Waals surface area contributed by atoms with E-state index in [-0.39, 0.29) is 10.6 Å². The number of benzene rings is 2. The normalized spacial score (nSPS) is 15.9. The van der Waals surface area contributed by atoms with Crippen LogP contribution in [0, 0.1) is 24.0 Å². The van der Waals surface area contributed by atoms with Crippen LogP contribution in [0.3, 0.4) is 0 Å². The van der Waals surface area contributed by atoms with E-state index >= 15 is 0 Å². The van der Waals surface area contributed by atoms with Gasteiger partial charge in [-0.25, -0.2) is 9.97 Å². The summed E-state index contributed by atoms with van der Waals surface area (Å²) in [6, 6.07) is 14.6. The summed E-state index contributed by atoms with van der Waals surface area (Å²) in [5.41, 5.74) is 7.25. The lowest BCUT2D eigenvalue weighted by Crippen LogP contribution is -2.47. The van der Waals surface area contributed by atoms with E-state index in [1.54, 1.807) is 0 Å². The number of nitrogens with zero attached hydrogens (tertiary/aromatic N) is 6. The fraction of sp³-hybridized carbons (Fsp3) is 0.333. The molecule has 2 aromatic heterocycles. The Labute approximate surface area is 209 Å². The maximum Gasteiger partial charge on any atom is 0.353 e. The fourth-order valence-corrected chi connectivity index (χ4v) is 5.81. The highest BCUT2D eigenvalue weighted by molar-refractivity contribution is 5.85. The highest BCUT2D eigenvalue weighted by Gasteiger charge is 2.33. The van der Waals surface area contributed by atoms with E-state index < -0.39 is 0 Å². The highest BCUT2D eigenvalue weighted by Crippen LogP contribution is 2.38. The maximum atomic E-state index is 12.3. The summed E-state index contributed by atoms with van der Waals surface area (Å²) in [7, 11) is 0. The number of hydrogen-bond acceptors (Lipinski definition) is 7. The summed E-state index contributed by atoms with van der Waals surface area (Å²) in [4.78, 5) is 30.8. The van der Waals surface area contributed by atoms with Crippen molar-refractivity contribution in [3.8, 4) is 0 Å². The van der Waals surface area contributed by atoms with Crippen molar-refractivity contribution in [3.63, 3.8) is 0 Å². The van der Waals surface area contributed by atoms with Crippen molar-refractivity contribution >= 4 is 33.9 Å². The molecule has 0 radical (unpaired) electrons. The fourth-order valence-electron chi connectivity index (χ4n) is 5.81. The average molecular weight is 484 g/mol. The molecular weight excluding hydrogens is 454 g/mol. The maximum absolute atomic E-state index is 12.3. The molecule has 0 atom stereocenters. The molecule has 9 nitrogen and oxygen atoms in total. The predicted octanol–water partition coefficient (Wildman–Crippen LogP) is 4.37. The average Bonchev–Trinajstić information content (AvgIpc) is 3.26. The van der Waals surface area contributed by atoms with Gasteiger partial charge in [-0.1, -0.05) is 36.4 Å². The Morgan fingerprint density at radius 2 is 1.53 bits per heavy atom. The van der Waals surface area contributed by atoms with Crippen LogP contribution >= 0.6 is 0 Å². The van der Waals surface area contributed by atoms with Gasteiger partial charge in [-0.3, -0.25) is 10.1 Å². The lowest BCUT2D eigenvalue weighted by atomic mass is 10.0. The number of fused-ring (bicyclic) bond motifs is 3. The summed E-state index contributed by atoms with van der Waals surface area (Å²) in [6.07, 6.45) is 2.28. The molecular formula is C27H29N7O2. The number of nitrogens with one attached hydrogen (secondary N) is 1. The van der Waals surface area contributed by atoms with Crippen LogP contribution in [0.2, 0.25) is 0 Å². The molecule has 4 heterocycles. The Balaban J connectivity index is 1.27. The van der Waals surface area contributed by atoms with Crippen LogP contribution in [0.5, 0.6) is 0 Å². The first-order valence-electron chi connectivity index (χ1n) is 12.4. The van der Waals surface area contributed by atoms with E-state index in [0.29, 0.717) is 37.8 Å².